The predicted octanol–water partition coefficient (Wildman–Crippen LogP) is 1.97. The molecule has 0 spiro atoms. The lowest BCUT2D eigenvalue weighted by molar-refractivity contribution is 0.0943. The van der Waals surface area contributed by atoms with Crippen LogP contribution in [0.5, 0.6) is 0 Å². The van der Waals surface area contributed by atoms with E-state index in [4.69, 9.17) is 0 Å². The smallest absolute Gasteiger partial charge is 0.254 e. The summed E-state index contributed by atoms with van der Waals surface area (Å²) in [5.41, 5.74) is 1.45. The molecule has 2 heterocycles. The summed E-state index contributed by atoms with van der Waals surface area (Å²) < 4.78 is 0. The van der Waals surface area contributed by atoms with Crippen molar-refractivity contribution in [1.29, 1.82) is 0 Å². The number of aromatic nitrogens is 2. The fourth-order valence-corrected chi connectivity index (χ4v) is 2.73. The van der Waals surface area contributed by atoms with Gasteiger partial charge in [-0.3, -0.25) is 4.79 Å². The van der Waals surface area contributed by atoms with E-state index in [1.807, 2.05) is 30.3 Å². The first-order valence-electron chi connectivity index (χ1n) is 7.60. The molecule has 0 unspecified atom stereocenters. The molecule has 1 aliphatic heterocycles. The van der Waals surface area contributed by atoms with Crippen LogP contribution in [0.3, 0.4) is 0 Å². The van der Waals surface area contributed by atoms with Crippen LogP contribution in [0.2, 0.25) is 0 Å². The molecule has 1 aromatic heterocycles. The monoisotopic (exact) mass is 296 g/mol. The maximum absolute atomic E-state index is 12.1. The number of carbonyl (C=O) groups is 1. The van der Waals surface area contributed by atoms with Gasteiger partial charge in [0.25, 0.3) is 5.91 Å². The van der Waals surface area contributed by atoms with Gasteiger partial charge in [-0.25, -0.2) is 9.97 Å². The summed E-state index contributed by atoms with van der Waals surface area (Å²) in [6, 6.07) is 10.2. The van der Waals surface area contributed by atoms with Gasteiger partial charge in [0.05, 0.1) is 5.56 Å². The van der Waals surface area contributed by atoms with Crippen molar-refractivity contribution in [2.24, 2.45) is 0 Å². The van der Waals surface area contributed by atoms with Crippen LogP contribution in [-0.2, 0) is 0 Å². The molecule has 1 aromatic carbocycles. The van der Waals surface area contributed by atoms with Crippen LogP contribution in [0.15, 0.2) is 42.7 Å². The third-order valence-corrected chi connectivity index (χ3v) is 4.12. The molecular formula is C17H20N4O. The zero-order valence-corrected chi connectivity index (χ0v) is 12.7. The quantitative estimate of drug-likeness (QED) is 0.937. The molecule has 114 valence electrons. The number of hydrogen-bond donors (Lipinski definition) is 1. The van der Waals surface area contributed by atoms with Crippen molar-refractivity contribution in [3.63, 3.8) is 0 Å². The van der Waals surface area contributed by atoms with Crippen molar-refractivity contribution in [3.8, 4) is 11.4 Å². The molecule has 0 bridgehead atoms. The summed E-state index contributed by atoms with van der Waals surface area (Å²) in [4.78, 5) is 23.0. The molecule has 1 fully saturated rings. The highest BCUT2D eigenvalue weighted by molar-refractivity contribution is 5.93. The standard InChI is InChI=1S/C17H20N4O/c1-21-9-5-8-15(21)12-20-17(22)14-10-18-16(19-11-14)13-6-3-2-4-7-13/h2-4,6-7,10-11,15H,5,8-9,12H2,1H3,(H,20,22)/t15-/m1/s1. The molecule has 0 aliphatic carbocycles. The van der Waals surface area contributed by atoms with Crippen LogP contribution in [-0.4, -0.2) is 47.0 Å². The Bertz CT molecular complexity index is 627. The van der Waals surface area contributed by atoms with Gasteiger partial charge in [0.15, 0.2) is 5.82 Å². The minimum Gasteiger partial charge on any atom is -0.350 e. The van der Waals surface area contributed by atoms with Crippen LogP contribution in [0.1, 0.15) is 23.2 Å². The second kappa shape index (κ2) is 6.66. The van der Waals surface area contributed by atoms with E-state index >= 15 is 0 Å². The van der Waals surface area contributed by atoms with E-state index in [1.165, 1.54) is 6.42 Å². The van der Waals surface area contributed by atoms with Crippen molar-refractivity contribution in [1.82, 2.24) is 20.2 Å². The first-order valence-corrected chi connectivity index (χ1v) is 7.60. The van der Waals surface area contributed by atoms with Crippen molar-refractivity contribution in [2.45, 2.75) is 18.9 Å². The number of nitrogens with zero attached hydrogens (tertiary/aromatic N) is 3. The van der Waals surface area contributed by atoms with E-state index in [9.17, 15) is 4.79 Å². The summed E-state index contributed by atoms with van der Waals surface area (Å²) in [6.45, 7) is 1.78. The topological polar surface area (TPSA) is 58.1 Å². The van der Waals surface area contributed by atoms with Gasteiger partial charge in [-0.1, -0.05) is 30.3 Å². The summed E-state index contributed by atoms with van der Waals surface area (Å²) in [5, 5.41) is 2.97. The Labute approximate surface area is 130 Å². The van der Waals surface area contributed by atoms with Crippen LogP contribution >= 0.6 is 0 Å². The number of benzene rings is 1. The van der Waals surface area contributed by atoms with Gasteiger partial charge in [-0.2, -0.15) is 0 Å². The van der Waals surface area contributed by atoms with Gasteiger partial charge >= 0.3 is 0 Å². The summed E-state index contributed by atoms with van der Waals surface area (Å²) in [7, 11) is 2.10. The van der Waals surface area contributed by atoms with Crippen LogP contribution in [0.4, 0.5) is 0 Å². The Morgan fingerprint density at radius 1 is 1.27 bits per heavy atom. The predicted molar refractivity (Wildman–Crippen MR) is 85.5 cm³/mol. The molecule has 22 heavy (non-hydrogen) atoms. The lowest BCUT2D eigenvalue weighted by Crippen LogP contribution is -2.38. The van der Waals surface area contributed by atoms with Gasteiger partial charge in [0.1, 0.15) is 0 Å². The first kappa shape index (κ1) is 14.7. The van der Waals surface area contributed by atoms with Crippen molar-refractivity contribution in [2.75, 3.05) is 20.1 Å². The van der Waals surface area contributed by atoms with Crippen molar-refractivity contribution >= 4 is 5.91 Å². The number of carbonyl (C=O) groups excluding carboxylic acids is 1. The highest BCUT2D eigenvalue weighted by Gasteiger charge is 2.21. The Morgan fingerprint density at radius 3 is 2.64 bits per heavy atom. The zero-order chi connectivity index (χ0) is 15.4. The molecule has 0 saturated carbocycles. The summed E-state index contributed by atoms with van der Waals surface area (Å²) in [6.07, 6.45) is 5.51. The Hall–Kier alpha value is -2.27. The largest absolute Gasteiger partial charge is 0.350 e. The molecule has 1 atom stereocenters. The maximum Gasteiger partial charge on any atom is 0.254 e. The normalized spacial score (nSPS) is 18.3. The summed E-state index contributed by atoms with van der Waals surface area (Å²) >= 11 is 0. The number of amides is 1. The van der Waals surface area contributed by atoms with Crippen molar-refractivity contribution in [3.05, 3.63) is 48.3 Å². The number of rotatable bonds is 4. The fraction of sp³-hybridized carbons (Fsp3) is 0.353. The van der Waals surface area contributed by atoms with Crippen LogP contribution in [0, 0.1) is 0 Å². The third kappa shape index (κ3) is 3.31. The van der Waals surface area contributed by atoms with Gasteiger partial charge < -0.3 is 10.2 Å². The highest BCUT2D eigenvalue weighted by Crippen LogP contribution is 2.14. The molecule has 5 heteroatoms. The third-order valence-electron chi connectivity index (χ3n) is 4.12. The number of likely N-dealkylation sites (N-methyl/N-ethyl adjacent to an activating group) is 1. The molecule has 3 rings (SSSR count). The Balaban J connectivity index is 1.61. The fourth-order valence-electron chi connectivity index (χ4n) is 2.73. The number of nitrogens with one attached hydrogen (secondary N) is 1. The Morgan fingerprint density at radius 2 is 2.00 bits per heavy atom. The minimum absolute atomic E-state index is 0.111. The molecular weight excluding hydrogens is 276 g/mol. The molecule has 1 aliphatic rings. The maximum atomic E-state index is 12.1. The van der Waals surface area contributed by atoms with E-state index in [-0.39, 0.29) is 5.91 Å². The number of likely N-dealkylation sites (tertiary alicyclic amines) is 1. The zero-order valence-electron chi connectivity index (χ0n) is 12.7. The lowest BCUT2D eigenvalue weighted by atomic mass is 10.2. The SMILES string of the molecule is CN1CCC[C@@H]1CNC(=O)c1cnc(-c2ccccc2)nc1. The van der Waals surface area contributed by atoms with E-state index < -0.39 is 0 Å². The average Bonchev–Trinajstić information content (AvgIpc) is 2.99. The summed E-state index contributed by atoms with van der Waals surface area (Å²) in [5.74, 6) is 0.521. The number of hydrogen-bond acceptors (Lipinski definition) is 4. The van der Waals surface area contributed by atoms with Crippen LogP contribution in [0.25, 0.3) is 11.4 Å². The molecule has 1 saturated heterocycles. The Kier molecular flexibility index (Phi) is 4.44. The van der Waals surface area contributed by atoms with E-state index in [2.05, 4.69) is 27.2 Å². The van der Waals surface area contributed by atoms with Gasteiger partial charge in [0, 0.05) is 30.5 Å². The molecule has 1 N–H and O–H groups in total. The molecule has 0 radical (unpaired) electrons. The first-order chi connectivity index (χ1) is 10.7. The highest BCUT2D eigenvalue weighted by atomic mass is 16.1. The second-order valence-corrected chi connectivity index (χ2v) is 5.65. The van der Waals surface area contributed by atoms with Gasteiger partial charge in [-0.15, -0.1) is 0 Å². The van der Waals surface area contributed by atoms with E-state index in [1.54, 1.807) is 12.4 Å². The van der Waals surface area contributed by atoms with Crippen LogP contribution < -0.4 is 5.32 Å². The average molecular weight is 296 g/mol. The minimum atomic E-state index is -0.111. The molecule has 5 nitrogen and oxygen atoms in total. The lowest BCUT2D eigenvalue weighted by Gasteiger charge is -2.19. The van der Waals surface area contributed by atoms with E-state index in [0.717, 1.165) is 18.5 Å². The van der Waals surface area contributed by atoms with Gasteiger partial charge in [0.2, 0.25) is 0 Å². The van der Waals surface area contributed by atoms with Crippen molar-refractivity contribution < 1.29 is 4.79 Å². The molecule has 1 amide bonds. The van der Waals surface area contributed by atoms with Gasteiger partial charge in [-0.05, 0) is 26.4 Å². The van der Waals surface area contributed by atoms with E-state index in [0.29, 0.717) is 24.0 Å². The molecule has 2 aromatic rings. The second-order valence-electron chi connectivity index (χ2n) is 5.65.